The van der Waals surface area contributed by atoms with Crippen molar-refractivity contribution in [3.05, 3.63) is 41.9 Å². The molecule has 9 heteroatoms. The molecule has 0 spiro atoms. The number of rotatable bonds is 4. The number of benzene rings is 1. The number of nitrogen functional groups attached to an aromatic ring is 1. The smallest absolute Gasteiger partial charge is 0.242 e. The average molecular weight is 349 g/mol. The maximum Gasteiger partial charge on any atom is 0.242 e. The molecule has 4 N–H and O–H groups in total. The Balaban J connectivity index is 1.86. The lowest BCUT2D eigenvalue weighted by Gasteiger charge is -2.08. The van der Waals surface area contributed by atoms with Crippen molar-refractivity contribution < 1.29 is 0 Å². The molecule has 0 aliphatic carbocycles. The molecule has 4 rings (SSSR count). The van der Waals surface area contributed by atoms with Crippen LogP contribution >= 0.6 is 0 Å². The molecular weight excluding hydrogens is 330 g/mol. The van der Waals surface area contributed by atoms with Crippen molar-refractivity contribution in [3.63, 3.8) is 0 Å². The molecule has 0 amide bonds. The molecule has 0 radical (unpaired) electrons. The number of para-hydroxylation sites is 2. The van der Waals surface area contributed by atoms with E-state index in [0.29, 0.717) is 29.5 Å². The van der Waals surface area contributed by atoms with Gasteiger partial charge in [0.1, 0.15) is 5.82 Å². The number of nitrogens with zero attached hydrogens (tertiary/aromatic N) is 6. The van der Waals surface area contributed by atoms with Crippen molar-refractivity contribution in [1.29, 1.82) is 0 Å². The molecule has 1 aromatic carbocycles. The summed E-state index contributed by atoms with van der Waals surface area (Å²) in [6.45, 7) is 5.97. The molecule has 0 unspecified atom stereocenters. The Hall–Kier alpha value is -3.49. The molecule has 26 heavy (non-hydrogen) atoms. The van der Waals surface area contributed by atoms with Crippen molar-refractivity contribution in [3.8, 4) is 5.95 Å². The minimum atomic E-state index is 0.165. The molecule has 0 aliphatic heterocycles. The third-order valence-electron chi connectivity index (χ3n) is 3.97. The summed E-state index contributed by atoms with van der Waals surface area (Å²) in [4.78, 5) is 17.4. The highest BCUT2D eigenvalue weighted by Crippen LogP contribution is 2.26. The van der Waals surface area contributed by atoms with Gasteiger partial charge in [-0.1, -0.05) is 26.0 Å². The number of hydrogen-bond donors (Lipinski definition) is 3. The lowest BCUT2D eigenvalue weighted by Crippen LogP contribution is -2.10. The molecule has 4 aromatic rings. The molecule has 3 heterocycles. The lowest BCUT2D eigenvalue weighted by atomic mass is 10.1. The number of fused-ring (bicyclic) bond motifs is 1. The fourth-order valence-electron chi connectivity index (χ4n) is 2.71. The van der Waals surface area contributed by atoms with Crippen molar-refractivity contribution in [2.45, 2.75) is 26.7 Å². The zero-order valence-electron chi connectivity index (χ0n) is 14.7. The number of H-pyrrole nitrogens is 1. The van der Waals surface area contributed by atoms with Gasteiger partial charge in [0.25, 0.3) is 0 Å². The van der Waals surface area contributed by atoms with Crippen LogP contribution in [0.3, 0.4) is 0 Å². The van der Waals surface area contributed by atoms with E-state index >= 15 is 0 Å². The van der Waals surface area contributed by atoms with Crippen LogP contribution in [0.15, 0.2) is 30.3 Å². The van der Waals surface area contributed by atoms with Gasteiger partial charge in [0, 0.05) is 11.8 Å². The summed E-state index contributed by atoms with van der Waals surface area (Å²) in [5, 5.41) is 10.6. The second kappa shape index (κ2) is 6.10. The maximum atomic E-state index is 5.82. The third kappa shape index (κ3) is 2.83. The van der Waals surface area contributed by atoms with E-state index < -0.39 is 0 Å². The SMILES string of the molecule is Cc1nc(N)nc(-n2c(Nc3cc(C(C)C)[nH]n3)nc3ccccc32)n1. The van der Waals surface area contributed by atoms with E-state index in [9.17, 15) is 0 Å². The topological polar surface area (TPSA) is 123 Å². The van der Waals surface area contributed by atoms with E-state index in [1.807, 2.05) is 34.9 Å². The summed E-state index contributed by atoms with van der Waals surface area (Å²) < 4.78 is 1.81. The van der Waals surface area contributed by atoms with E-state index in [1.54, 1.807) is 6.92 Å². The van der Waals surface area contributed by atoms with Crippen LogP contribution in [-0.2, 0) is 0 Å². The molecule has 3 aromatic heterocycles. The first-order valence-corrected chi connectivity index (χ1v) is 8.29. The predicted molar refractivity (Wildman–Crippen MR) is 99.6 cm³/mol. The molecule has 0 saturated heterocycles. The standard InChI is InChI=1S/C17H19N9/c1-9(2)12-8-14(25-24-12)22-17-21-11-6-4-5-7-13(11)26(17)16-20-10(3)19-15(18)23-16/h4-9H,1-3H3,(H2,18,19,20,23)(H2,21,22,24,25). The number of imidazole rings is 1. The van der Waals surface area contributed by atoms with Crippen molar-refractivity contribution in [2.75, 3.05) is 11.1 Å². The van der Waals surface area contributed by atoms with E-state index in [0.717, 1.165) is 16.7 Å². The molecular formula is C17H19N9. The third-order valence-corrected chi connectivity index (χ3v) is 3.97. The van der Waals surface area contributed by atoms with E-state index in [4.69, 9.17) is 5.73 Å². The number of aromatic nitrogens is 7. The maximum absolute atomic E-state index is 5.82. The zero-order valence-corrected chi connectivity index (χ0v) is 14.7. The number of hydrogen-bond acceptors (Lipinski definition) is 7. The van der Waals surface area contributed by atoms with Gasteiger partial charge in [-0.25, -0.2) is 9.55 Å². The van der Waals surface area contributed by atoms with Crippen LogP contribution in [0, 0.1) is 6.92 Å². The normalized spacial score (nSPS) is 11.4. The van der Waals surface area contributed by atoms with E-state index in [2.05, 4.69) is 49.3 Å². The molecule has 0 bridgehead atoms. The second-order valence-corrected chi connectivity index (χ2v) is 6.29. The molecule has 0 aliphatic rings. The highest BCUT2D eigenvalue weighted by atomic mass is 15.3. The summed E-state index contributed by atoms with van der Waals surface area (Å²) in [5.74, 6) is 2.69. The number of aromatic amines is 1. The van der Waals surface area contributed by atoms with Crippen molar-refractivity contribution in [2.24, 2.45) is 0 Å². The summed E-state index contributed by atoms with van der Waals surface area (Å²) in [5.41, 5.74) is 8.52. The number of anilines is 3. The van der Waals surface area contributed by atoms with Gasteiger partial charge in [0.2, 0.25) is 17.8 Å². The van der Waals surface area contributed by atoms with Gasteiger partial charge in [-0.15, -0.1) is 0 Å². The Morgan fingerprint density at radius 1 is 1.12 bits per heavy atom. The second-order valence-electron chi connectivity index (χ2n) is 6.29. The quantitative estimate of drug-likeness (QED) is 0.517. The first kappa shape index (κ1) is 16.0. The highest BCUT2D eigenvalue weighted by Gasteiger charge is 2.17. The summed E-state index contributed by atoms with van der Waals surface area (Å²) in [7, 11) is 0. The van der Waals surface area contributed by atoms with Gasteiger partial charge in [-0.05, 0) is 25.0 Å². The molecule has 0 atom stereocenters. The average Bonchev–Trinajstić information content (AvgIpc) is 3.18. The largest absolute Gasteiger partial charge is 0.368 e. The van der Waals surface area contributed by atoms with Gasteiger partial charge in [0.15, 0.2) is 5.82 Å². The summed E-state index contributed by atoms with van der Waals surface area (Å²) in [6, 6.07) is 9.71. The molecule has 0 fully saturated rings. The molecule has 9 nitrogen and oxygen atoms in total. The van der Waals surface area contributed by atoms with Crippen LogP contribution in [0.1, 0.15) is 31.3 Å². The highest BCUT2D eigenvalue weighted by molar-refractivity contribution is 5.81. The first-order valence-electron chi connectivity index (χ1n) is 8.29. The van der Waals surface area contributed by atoms with Crippen LogP contribution in [0.5, 0.6) is 0 Å². The Morgan fingerprint density at radius 3 is 2.65 bits per heavy atom. The van der Waals surface area contributed by atoms with Crippen molar-refractivity contribution >= 4 is 28.7 Å². The summed E-state index contributed by atoms with van der Waals surface area (Å²) in [6.07, 6.45) is 0. The Bertz CT molecular complexity index is 1060. The van der Waals surface area contributed by atoms with Crippen LogP contribution in [0.4, 0.5) is 17.7 Å². The Kier molecular flexibility index (Phi) is 3.76. The Labute approximate surface area is 149 Å². The number of nitrogens with one attached hydrogen (secondary N) is 2. The van der Waals surface area contributed by atoms with Crippen LogP contribution in [0.2, 0.25) is 0 Å². The van der Waals surface area contributed by atoms with Gasteiger partial charge in [-0.3, -0.25) is 5.10 Å². The first-order chi connectivity index (χ1) is 12.5. The van der Waals surface area contributed by atoms with Gasteiger partial charge in [-0.2, -0.15) is 20.1 Å². The van der Waals surface area contributed by atoms with Gasteiger partial charge in [0.05, 0.1) is 11.0 Å². The number of nitrogens with two attached hydrogens (primary N) is 1. The minimum Gasteiger partial charge on any atom is -0.368 e. The predicted octanol–water partition coefficient (Wildman–Crippen LogP) is 2.69. The van der Waals surface area contributed by atoms with E-state index in [-0.39, 0.29) is 5.95 Å². The fourth-order valence-corrected chi connectivity index (χ4v) is 2.71. The van der Waals surface area contributed by atoms with Crippen LogP contribution in [-0.4, -0.2) is 34.7 Å². The van der Waals surface area contributed by atoms with Crippen LogP contribution in [0.25, 0.3) is 17.0 Å². The van der Waals surface area contributed by atoms with Crippen LogP contribution < -0.4 is 11.1 Å². The lowest BCUT2D eigenvalue weighted by molar-refractivity contribution is 0.811. The fraction of sp³-hybridized carbons (Fsp3) is 0.235. The van der Waals surface area contributed by atoms with Gasteiger partial charge >= 0.3 is 0 Å². The Morgan fingerprint density at radius 2 is 1.92 bits per heavy atom. The van der Waals surface area contributed by atoms with Gasteiger partial charge < -0.3 is 11.1 Å². The zero-order chi connectivity index (χ0) is 18.3. The number of aryl methyl sites for hydroxylation is 1. The monoisotopic (exact) mass is 349 g/mol. The summed E-state index contributed by atoms with van der Waals surface area (Å²) >= 11 is 0. The molecule has 132 valence electrons. The molecule has 0 saturated carbocycles. The minimum absolute atomic E-state index is 0.165. The van der Waals surface area contributed by atoms with E-state index in [1.165, 1.54) is 0 Å². The van der Waals surface area contributed by atoms with Crippen molar-refractivity contribution in [1.82, 2.24) is 34.7 Å².